The van der Waals surface area contributed by atoms with Crippen molar-refractivity contribution in [2.24, 2.45) is 0 Å². The zero-order chi connectivity index (χ0) is 22.9. The Bertz CT molecular complexity index is 1390. The molecular weight excluding hydrogens is 438 g/mol. The number of aromatic nitrogens is 1. The van der Waals surface area contributed by atoms with Gasteiger partial charge in [0.15, 0.2) is 5.13 Å². The maximum Gasteiger partial charge on any atom is 0.267 e. The number of amides is 1. The topological polar surface area (TPSA) is 75.9 Å². The van der Waals surface area contributed by atoms with Crippen molar-refractivity contribution in [1.29, 1.82) is 0 Å². The molecule has 0 atom stereocenters. The lowest BCUT2D eigenvalue weighted by molar-refractivity contribution is 0.0391. The molecule has 0 N–H and O–H groups in total. The van der Waals surface area contributed by atoms with E-state index in [1.807, 2.05) is 13.0 Å². The van der Waals surface area contributed by atoms with Crippen LogP contribution in [-0.2, 0) is 4.74 Å². The summed E-state index contributed by atoms with van der Waals surface area (Å²) in [6, 6.07) is 11.1. The number of fused-ring (bicyclic) bond motifs is 2. The van der Waals surface area contributed by atoms with Gasteiger partial charge in [-0.2, -0.15) is 0 Å². The monoisotopic (exact) mass is 463 g/mol. The highest BCUT2D eigenvalue weighted by atomic mass is 32.1. The second-order valence-electron chi connectivity index (χ2n) is 8.31. The molecule has 33 heavy (non-hydrogen) atoms. The van der Waals surface area contributed by atoms with Gasteiger partial charge in [-0.25, -0.2) is 4.98 Å². The Labute approximate surface area is 195 Å². The number of ether oxygens (including phenoxy) is 1. The molecule has 5 rings (SSSR count). The first-order valence-electron chi connectivity index (χ1n) is 11.0. The van der Waals surface area contributed by atoms with Gasteiger partial charge in [0.2, 0.25) is 5.43 Å². The van der Waals surface area contributed by atoms with Crippen LogP contribution in [0.4, 0.5) is 5.13 Å². The predicted octanol–water partition coefficient (Wildman–Crippen LogP) is 4.00. The molecule has 0 aliphatic carbocycles. The van der Waals surface area contributed by atoms with Crippen molar-refractivity contribution in [2.45, 2.75) is 13.8 Å². The maximum absolute atomic E-state index is 13.7. The fourth-order valence-electron chi connectivity index (χ4n) is 4.20. The van der Waals surface area contributed by atoms with Crippen LogP contribution in [0.2, 0.25) is 0 Å². The molecule has 1 amide bonds. The van der Waals surface area contributed by atoms with E-state index in [-0.39, 0.29) is 11.0 Å². The molecule has 170 valence electrons. The molecule has 4 aromatic rings. The molecule has 0 saturated carbocycles. The van der Waals surface area contributed by atoms with Crippen LogP contribution in [0.5, 0.6) is 0 Å². The Hall–Kier alpha value is -3.07. The van der Waals surface area contributed by atoms with Gasteiger partial charge in [0.25, 0.3) is 5.91 Å². The summed E-state index contributed by atoms with van der Waals surface area (Å²) < 4.78 is 12.1. The lowest BCUT2D eigenvalue weighted by atomic mass is 10.1. The van der Waals surface area contributed by atoms with Gasteiger partial charge in [-0.1, -0.05) is 29.5 Å². The fraction of sp³-hybridized carbons (Fsp3) is 0.320. The van der Waals surface area contributed by atoms with E-state index in [4.69, 9.17) is 14.1 Å². The highest BCUT2D eigenvalue weighted by Gasteiger charge is 2.26. The van der Waals surface area contributed by atoms with Crippen molar-refractivity contribution in [3.05, 3.63) is 69.6 Å². The molecule has 2 aromatic carbocycles. The normalized spacial score (nSPS) is 14.7. The van der Waals surface area contributed by atoms with Crippen LogP contribution in [-0.4, -0.2) is 55.2 Å². The van der Waals surface area contributed by atoms with Crippen molar-refractivity contribution < 1.29 is 13.9 Å². The average molecular weight is 464 g/mol. The summed E-state index contributed by atoms with van der Waals surface area (Å²) in [6.07, 6.45) is 1.28. The number of benzene rings is 2. The zero-order valence-corrected chi connectivity index (χ0v) is 19.5. The smallest absolute Gasteiger partial charge is 0.267 e. The van der Waals surface area contributed by atoms with E-state index in [0.717, 1.165) is 34.4 Å². The van der Waals surface area contributed by atoms with Crippen LogP contribution in [0.15, 0.2) is 51.9 Å². The van der Waals surface area contributed by atoms with Gasteiger partial charge in [-0.05, 0) is 43.2 Å². The first-order chi connectivity index (χ1) is 16.0. The zero-order valence-electron chi connectivity index (χ0n) is 18.7. The highest BCUT2D eigenvalue weighted by molar-refractivity contribution is 7.22. The third-order valence-corrected chi connectivity index (χ3v) is 7.17. The molecule has 8 heteroatoms. The Morgan fingerprint density at radius 1 is 1.18 bits per heavy atom. The summed E-state index contributed by atoms with van der Waals surface area (Å²) in [7, 11) is 0. The molecule has 7 nitrogen and oxygen atoms in total. The number of hydrogen-bond acceptors (Lipinski definition) is 7. The van der Waals surface area contributed by atoms with Gasteiger partial charge in [0, 0.05) is 26.2 Å². The second-order valence-corrected chi connectivity index (χ2v) is 9.29. The van der Waals surface area contributed by atoms with Crippen LogP contribution in [0.3, 0.4) is 0 Å². The molecule has 0 radical (unpaired) electrons. The van der Waals surface area contributed by atoms with E-state index in [2.05, 4.69) is 17.9 Å². The summed E-state index contributed by atoms with van der Waals surface area (Å²) in [5.74, 6) is -0.392. The first kappa shape index (κ1) is 21.8. The minimum absolute atomic E-state index is 0.0165. The number of hydrogen-bond donors (Lipinski definition) is 0. The van der Waals surface area contributed by atoms with Crippen LogP contribution in [0, 0.1) is 13.8 Å². The molecule has 0 unspecified atom stereocenters. The number of rotatable bonds is 5. The molecule has 3 heterocycles. The number of aryl methyl sites for hydroxylation is 2. The van der Waals surface area contributed by atoms with Crippen molar-refractivity contribution in [3.63, 3.8) is 0 Å². The van der Waals surface area contributed by atoms with E-state index in [1.54, 1.807) is 29.2 Å². The Morgan fingerprint density at radius 2 is 1.97 bits per heavy atom. The van der Waals surface area contributed by atoms with Gasteiger partial charge in [-0.15, -0.1) is 0 Å². The number of nitrogens with zero attached hydrogens (tertiary/aromatic N) is 3. The number of carbonyl (C=O) groups is 1. The number of morpholine rings is 1. The maximum atomic E-state index is 13.7. The van der Waals surface area contributed by atoms with Crippen molar-refractivity contribution >= 4 is 43.6 Å². The molecule has 1 saturated heterocycles. The minimum atomic E-state index is -0.392. The minimum Gasteiger partial charge on any atom is -0.463 e. The first-order valence-corrected chi connectivity index (χ1v) is 11.8. The van der Waals surface area contributed by atoms with Crippen molar-refractivity contribution in [2.75, 3.05) is 44.3 Å². The molecule has 2 aromatic heterocycles. The third kappa shape index (κ3) is 4.29. The van der Waals surface area contributed by atoms with E-state index in [1.165, 1.54) is 17.6 Å². The standard InChI is InChI=1S/C25H25N3O4S/c1-16-13-17(2)23-20(14-16)26-25(33-23)28(8-7-27-9-11-31-12-10-27)24(30)19-15-32-21-6-4-3-5-18(21)22(19)29/h3-6,13-15H,7-12H2,1-2H3. The van der Waals surface area contributed by atoms with Gasteiger partial charge in [0.1, 0.15) is 17.4 Å². The van der Waals surface area contributed by atoms with Crippen LogP contribution >= 0.6 is 11.3 Å². The quantitative estimate of drug-likeness (QED) is 0.445. The van der Waals surface area contributed by atoms with Crippen LogP contribution in [0.1, 0.15) is 21.5 Å². The summed E-state index contributed by atoms with van der Waals surface area (Å²) in [6.45, 7) is 8.17. The van der Waals surface area contributed by atoms with Gasteiger partial charge >= 0.3 is 0 Å². The lowest BCUT2D eigenvalue weighted by Gasteiger charge is -2.29. The van der Waals surface area contributed by atoms with Gasteiger partial charge < -0.3 is 9.15 Å². The van der Waals surface area contributed by atoms with Crippen LogP contribution < -0.4 is 10.3 Å². The summed E-state index contributed by atoms with van der Waals surface area (Å²) in [5.41, 5.74) is 3.26. The average Bonchev–Trinajstić information content (AvgIpc) is 3.24. The van der Waals surface area contributed by atoms with Gasteiger partial charge in [-0.3, -0.25) is 19.4 Å². The van der Waals surface area contributed by atoms with Crippen LogP contribution in [0.25, 0.3) is 21.2 Å². The molecule has 1 fully saturated rings. The van der Waals surface area contributed by atoms with E-state index < -0.39 is 5.91 Å². The Morgan fingerprint density at radius 3 is 2.79 bits per heavy atom. The second kappa shape index (κ2) is 9.05. The molecule has 1 aliphatic heterocycles. The van der Waals surface area contributed by atoms with E-state index in [0.29, 0.717) is 42.4 Å². The fourth-order valence-corrected chi connectivity index (χ4v) is 5.24. The van der Waals surface area contributed by atoms with Gasteiger partial charge in [0.05, 0.1) is 28.8 Å². The predicted molar refractivity (Wildman–Crippen MR) is 131 cm³/mol. The number of carbonyl (C=O) groups excluding carboxylic acids is 1. The molecule has 0 spiro atoms. The van der Waals surface area contributed by atoms with Crippen molar-refractivity contribution in [3.8, 4) is 0 Å². The summed E-state index contributed by atoms with van der Waals surface area (Å²) in [4.78, 5) is 35.5. The summed E-state index contributed by atoms with van der Waals surface area (Å²) in [5, 5.41) is 0.983. The summed E-state index contributed by atoms with van der Waals surface area (Å²) >= 11 is 1.48. The number of thiazole rings is 1. The third-order valence-electron chi connectivity index (χ3n) is 5.94. The largest absolute Gasteiger partial charge is 0.463 e. The SMILES string of the molecule is Cc1cc(C)c2sc(N(CCN3CCOCC3)C(=O)c3coc4ccccc4c3=O)nc2c1. The van der Waals surface area contributed by atoms with E-state index in [9.17, 15) is 9.59 Å². The van der Waals surface area contributed by atoms with E-state index >= 15 is 0 Å². The number of anilines is 1. The molecule has 1 aliphatic rings. The number of para-hydroxylation sites is 1. The highest BCUT2D eigenvalue weighted by Crippen LogP contribution is 2.32. The molecular formula is C25H25N3O4S. The Kier molecular flexibility index (Phi) is 5.97. The Balaban J connectivity index is 1.55. The lowest BCUT2D eigenvalue weighted by Crippen LogP contribution is -2.44. The molecule has 0 bridgehead atoms. The van der Waals surface area contributed by atoms with Crippen molar-refractivity contribution in [1.82, 2.24) is 9.88 Å².